The van der Waals surface area contributed by atoms with E-state index in [0.717, 1.165) is 10.9 Å². The molecule has 1 aromatic carbocycles. The molecule has 0 aliphatic carbocycles. The van der Waals surface area contributed by atoms with E-state index in [0.29, 0.717) is 0 Å². The van der Waals surface area contributed by atoms with Gasteiger partial charge in [-0.3, -0.25) is 0 Å². The normalized spacial score (nSPS) is 11.7. The van der Waals surface area contributed by atoms with Crippen LogP contribution in [0.2, 0.25) is 0 Å². The fourth-order valence-corrected chi connectivity index (χ4v) is 1.36. The monoisotopic (exact) mass is 230 g/mol. The van der Waals surface area contributed by atoms with E-state index in [2.05, 4.69) is 15.9 Å². The Morgan fingerprint density at radius 2 is 1.75 bits per heavy atom. The zero-order valence-electron chi connectivity index (χ0n) is 7.27. The Hall–Kier alpha value is -0.370. The fraction of sp³-hybridized carbons (Fsp3) is 0.400. The summed E-state index contributed by atoms with van der Waals surface area (Å²) < 4.78 is 13.3. The van der Waals surface area contributed by atoms with E-state index in [4.69, 9.17) is 0 Å². The van der Waals surface area contributed by atoms with Gasteiger partial charge in [0.2, 0.25) is 0 Å². The molecular weight excluding hydrogens is 219 g/mol. The molecule has 0 aliphatic rings. The van der Waals surface area contributed by atoms with Gasteiger partial charge < -0.3 is 0 Å². The van der Waals surface area contributed by atoms with Gasteiger partial charge in [0, 0.05) is 5.33 Å². The molecule has 0 fully saturated rings. The first-order valence-corrected chi connectivity index (χ1v) is 5.00. The second-order valence-electron chi connectivity index (χ2n) is 3.30. The van der Waals surface area contributed by atoms with Crippen LogP contribution in [0.4, 0.5) is 4.39 Å². The summed E-state index contributed by atoms with van der Waals surface area (Å²) in [6.45, 7) is 3.13. The van der Waals surface area contributed by atoms with E-state index < -0.39 is 5.67 Å². The van der Waals surface area contributed by atoms with Crippen molar-refractivity contribution in [1.29, 1.82) is 0 Å². The summed E-state index contributed by atoms with van der Waals surface area (Å²) in [5.74, 6) is 0. The van der Waals surface area contributed by atoms with Gasteiger partial charge in [-0.25, -0.2) is 4.39 Å². The number of hydrogen-bond acceptors (Lipinski definition) is 0. The summed E-state index contributed by atoms with van der Waals surface area (Å²) in [6.07, 6.45) is 0. The lowest BCUT2D eigenvalue weighted by Crippen LogP contribution is -2.08. The highest BCUT2D eigenvalue weighted by Gasteiger charge is 2.17. The third kappa shape index (κ3) is 2.31. The Morgan fingerprint density at radius 3 is 2.08 bits per heavy atom. The van der Waals surface area contributed by atoms with Gasteiger partial charge in [-0.2, -0.15) is 0 Å². The third-order valence-corrected chi connectivity index (χ3v) is 2.44. The van der Waals surface area contributed by atoms with Crippen LogP contribution < -0.4 is 0 Å². The molecule has 0 bridgehead atoms. The smallest absolute Gasteiger partial charge is 0.130 e. The lowest BCUT2D eigenvalue weighted by atomic mass is 9.99. The summed E-state index contributed by atoms with van der Waals surface area (Å²) in [4.78, 5) is 0. The third-order valence-electron chi connectivity index (χ3n) is 1.79. The molecule has 0 nitrogen and oxygen atoms in total. The van der Waals surface area contributed by atoms with Gasteiger partial charge in [0.15, 0.2) is 0 Å². The maximum atomic E-state index is 13.3. The lowest BCUT2D eigenvalue weighted by molar-refractivity contribution is 0.221. The Labute approximate surface area is 80.9 Å². The number of benzene rings is 1. The molecule has 0 saturated heterocycles. The van der Waals surface area contributed by atoms with Crippen LogP contribution in [0.5, 0.6) is 0 Å². The van der Waals surface area contributed by atoms with Crippen LogP contribution in [0, 0.1) is 0 Å². The van der Waals surface area contributed by atoms with Crippen LogP contribution in [-0.2, 0) is 11.0 Å². The molecule has 0 atom stereocenters. The van der Waals surface area contributed by atoms with E-state index >= 15 is 0 Å². The molecule has 0 N–H and O–H groups in total. The number of alkyl halides is 2. The van der Waals surface area contributed by atoms with Crippen LogP contribution in [-0.4, -0.2) is 0 Å². The quantitative estimate of drug-likeness (QED) is 0.679. The first kappa shape index (κ1) is 9.72. The van der Waals surface area contributed by atoms with E-state index in [1.165, 1.54) is 5.56 Å². The zero-order chi connectivity index (χ0) is 9.19. The van der Waals surface area contributed by atoms with Crippen molar-refractivity contribution in [1.82, 2.24) is 0 Å². The van der Waals surface area contributed by atoms with Crippen molar-refractivity contribution >= 4 is 15.9 Å². The van der Waals surface area contributed by atoms with Gasteiger partial charge in [-0.15, -0.1) is 0 Å². The topological polar surface area (TPSA) is 0 Å². The minimum atomic E-state index is -1.23. The molecule has 0 spiro atoms. The van der Waals surface area contributed by atoms with Gasteiger partial charge >= 0.3 is 0 Å². The summed E-state index contributed by atoms with van der Waals surface area (Å²) in [5, 5.41) is 0.819. The molecule has 2 heteroatoms. The Kier molecular flexibility index (Phi) is 2.89. The maximum absolute atomic E-state index is 13.3. The highest BCUT2D eigenvalue weighted by atomic mass is 79.9. The van der Waals surface area contributed by atoms with Crippen molar-refractivity contribution in [2.45, 2.75) is 24.8 Å². The van der Waals surface area contributed by atoms with Gasteiger partial charge in [0.25, 0.3) is 0 Å². The fourth-order valence-electron chi connectivity index (χ4n) is 0.990. The van der Waals surface area contributed by atoms with Crippen molar-refractivity contribution in [3.05, 3.63) is 35.4 Å². The van der Waals surface area contributed by atoms with Crippen molar-refractivity contribution in [2.75, 3.05) is 0 Å². The van der Waals surface area contributed by atoms with E-state index in [1.54, 1.807) is 13.8 Å². The van der Waals surface area contributed by atoms with Crippen LogP contribution in [0.25, 0.3) is 0 Å². The lowest BCUT2D eigenvalue weighted by Gasteiger charge is -2.14. The van der Waals surface area contributed by atoms with E-state index in [-0.39, 0.29) is 0 Å². The summed E-state index contributed by atoms with van der Waals surface area (Å²) in [7, 11) is 0. The first-order chi connectivity index (χ1) is 5.54. The van der Waals surface area contributed by atoms with Crippen molar-refractivity contribution in [3.8, 4) is 0 Å². The number of hydrogen-bond donors (Lipinski definition) is 0. The average Bonchev–Trinajstić information content (AvgIpc) is 2.03. The molecule has 0 aromatic heterocycles. The average molecular weight is 231 g/mol. The molecule has 12 heavy (non-hydrogen) atoms. The van der Waals surface area contributed by atoms with Gasteiger partial charge in [-0.1, -0.05) is 40.2 Å². The van der Waals surface area contributed by atoms with Crippen molar-refractivity contribution < 1.29 is 4.39 Å². The zero-order valence-corrected chi connectivity index (χ0v) is 8.86. The molecule has 0 heterocycles. The van der Waals surface area contributed by atoms with Gasteiger partial charge in [0.1, 0.15) is 5.67 Å². The second-order valence-corrected chi connectivity index (χ2v) is 3.86. The van der Waals surface area contributed by atoms with Crippen molar-refractivity contribution in [2.24, 2.45) is 0 Å². The van der Waals surface area contributed by atoms with Crippen molar-refractivity contribution in [3.63, 3.8) is 0 Å². The van der Waals surface area contributed by atoms with Crippen LogP contribution >= 0.6 is 15.9 Å². The van der Waals surface area contributed by atoms with Crippen LogP contribution in [0.1, 0.15) is 25.0 Å². The number of rotatable bonds is 2. The molecule has 1 rings (SSSR count). The highest BCUT2D eigenvalue weighted by molar-refractivity contribution is 9.08. The van der Waals surface area contributed by atoms with Crippen LogP contribution in [0.15, 0.2) is 24.3 Å². The summed E-state index contributed by atoms with van der Waals surface area (Å²) in [5.41, 5.74) is 0.667. The van der Waals surface area contributed by atoms with E-state index in [1.807, 2.05) is 24.3 Å². The Morgan fingerprint density at radius 1 is 1.25 bits per heavy atom. The van der Waals surface area contributed by atoms with Crippen LogP contribution in [0.3, 0.4) is 0 Å². The molecule has 0 saturated carbocycles. The van der Waals surface area contributed by atoms with Gasteiger partial charge in [-0.05, 0) is 25.0 Å². The van der Waals surface area contributed by atoms with Gasteiger partial charge in [0.05, 0.1) is 0 Å². The summed E-state index contributed by atoms with van der Waals surface area (Å²) in [6, 6.07) is 7.53. The number of halogens is 2. The maximum Gasteiger partial charge on any atom is 0.130 e. The Balaban J connectivity index is 2.93. The second kappa shape index (κ2) is 3.56. The highest BCUT2D eigenvalue weighted by Crippen LogP contribution is 2.24. The molecule has 66 valence electrons. The minimum absolute atomic E-state index is 0.729. The molecule has 0 aliphatic heterocycles. The largest absolute Gasteiger partial charge is 0.239 e. The molecular formula is C10H12BrF. The Bertz CT molecular complexity index is 246. The summed E-state index contributed by atoms with van der Waals surface area (Å²) >= 11 is 3.34. The predicted octanol–water partition coefficient (Wildman–Crippen LogP) is 3.79. The van der Waals surface area contributed by atoms with E-state index in [9.17, 15) is 4.39 Å². The molecule has 1 aromatic rings. The minimum Gasteiger partial charge on any atom is -0.239 e. The molecule has 0 amide bonds. The standard InChI is InChI=1S/C10H12BrF/c1-10(2,12)9-5-3-8(7-11)4-6-9/h3-6H,7H2,1-2H3. The first-order valence-electron chi connectivity index (χ1n) is 3.88. The molecule has 0 unspecified atom stereocenters. The molecule has 0 radical (unpaired) electrons. The SMILES string of the molecule is CC(C)(F)c1ccc(CBr)cc1. The predicted molar refractivity (Wildman–Crippen MR) is 53.2 cm³/mol.